The number of nitro groups is 1. The van der Waals surface area contributed by atoms with Crippen molar-refractivity contribution in [2.24, 2.45) is 0 Å². The highest BCUT2D eigenvalue weighted by molar-refractivity contribution is 5.57. The summed E-state index contributed by atoms with van der Waals surface area (Å²) in [6.45, 7) is 0. The molecule has 6 nitrogen and oxygen atoms in total. The van der Waals surface area contributed by atoms with Crippen molar-refractivity contribution in [2.45, 2.75) is 0 Å². The Morgan fingerprint density at radius 2 is 2.25 bits per heavy atom. The molecule has 1 rings (SSSR count). The van der Waals surface area contributed by atoms with E-state index in [-0.39, 0.29) is 17.1 Å². The quantitative estimate of drug-likeness (QED) is 0.299. The fourth-order valence-corrected chi connectivity index (χ4v) is 0.733. The molecular formula is C6H6N2O4. The van der Waals surface area contributed by atoms with E-state index in [4.69, 9.17) is 11.0 Å². The third kappa shape index (κ3) is 1.43. The molecule has 0 spiro atoms. The fourth-order valence-electron chi connectivity index (χ4n) is 0.733. The summed E-state index contributed by atoms with van der Waals surface area (Å²) >= 11 is 0. The van der Waals surface area contributed by atoms with E-state index < -0.39 is 4.92 Å². The zero-order chi connectivity index (χ0) is 9.14. The Morgan fingerprint density at radius 1 is 1.58 bits per heavy atom. The molecule has 0 amide bonds. The van der Waals surface area contributed by atoms with Crippen molar-refractivity contribution in [3.63, 3.8) is 0 Å². The topological polar surface area (TPSA) is 98.6 Å². The van der Waals surface area contributed by atoms with Gasteiger partial charge in [0.25, 0.3) is 5.69 Å². The summed E-state index contributed by atoms with van der Waals surface area (Å²) in [6.07, 6.45) is 0. The maximum absolute atomic E-state index is 10.2. The van der Waals surface area contributed by atoms with Gasteiger partial charge in [0, 0.05) is 12.1 Å². The Balaban J connectivity index is 3.10. The van der Waals surface area contributed by atoms with Crippen LogP contribution in [0.3, 0.4) is 0 Å². The number of nitrogens with zero attached hydrogens (tertiary/aromatic N) is 1. The second kappa shape index (κ2) is 3.05. The molecule has 0 saturated heterocycles. The monoisotopic (exact) mass is 170 g/mol. The van der Waals surface area contributed by atoms with Gasteiger partial charge in [-0.05, 0) is 6.07 Å². The molecular weight excluding hydrogens is 164 g/mol. The Kier molecular flexibility index (Phi) is 2.11. The van der Waals surface area contributed by atoms with Crippen LogP contribution in [-0.4, -0.2) is 10.2 Å². The van der Waals surface area contributed by atoms with E-state index in [1.807, 2.05) is 0 Å². The molecule has 0 atom stereocenters. The van der Waals surface area contributed by atoms with Gasteiger partial charge in [-0.15, -0.1) is 0 Å². The lowest BCUT2D eigenvalue weighted by atomic mass is 10.2. The molecule has 0 aliphatic rings. The van der Waals surface area contributed by atoms with E-state index in [2.05, 4.69) is 4.89 Å². The van der Waals surface area contributed by atoms with Gasteiger partial charge in [0.05, 0.1) is 10.6 Å². The number of hydrogen-bond acceptors (Lipinski definition) is 5. The van der Waals surface area contributed by atoms with E-state index in [0.29, 0.717) is 0 Å². The summed E-state index contributed by atoms with van der Waals surface area (Å²) in [5.74, 6) is 0.000556. The Hall–Kier alpha value is -1.82. The lowest BCUT2D eigenvalue weighted by Crippen LogP contribution is -1.94. The van der Waals surface area contributed by atoms with Gasteiger partial charge < -0.3 is 10.6 Å². The minimum Gasteiger partial charge on any atom is -0.395 e. The molecule has 12 heavy (non-hydrogen) atoms. The number of hydrogen-bond donors (Lipinski definition) is 2. The second-order valence-corrected chi connectivity index (χ2v) is 2.07. The molecule has 0 saturated carbocycles. The average Bonchev–Trinajstić information content (AvgIpc) is 2.04. The Morgan fingerprint density at radius 3 is 2.67 bits per heavy atom. The van der Waals surface area contributed by atoms with Gasteiger partial charge in [-0.3, -0.25) is 10.1 Å². The predicted octanol–water partition coefficient (Wildman–Crippen LogP) is 1.03. The highest BCUT2D eigenvalue weighted by Crippen LogP contribution is 2.25. The van der Waals surface area contributed by atoms with Crippen molar-refractivity contribution in [1.29, 1.82) is 0 Å². The number of anilines is 1. The van der Waals surface area contributed by atoms with Gasteiger partial charge >= 0.3 is 0 Å². The minimum atomic E-state index is -0.586. The smallest absolute Gasteiger partial charge is 0.271 e. The maximum Gasteiger partial charge on any atom is 0.271 e. The summed E-state index contributed by atoms with van der Waals surface area (Å²) < 4.78 is 0. The second-order valence-electron chi connectivity index (χ2n) is 2.07. The fraction of sp³-hybridized carbons (Fsp3) is 0. The molecule has 1 aromatic carbocycles. The van der Waals surface area contributed by atoms with Crippen molar-refractivity contribution < 1.29 is 15.1 Å². The SMILES string of the molecule is Nc1cc([N+](=O)[O-])ccc1OO. The van der Waals surface area contributed by atoms with E-state index >= 15 is 0 Å². The molecule has 0 aromatic heterocycles. The van der Waals surface area contributed by atoms with Gasteiger partial charge in [-0.25, -0.2) is 5.26 Å². The van der Waals surface area contributed by atoms with Crippen LogP contribution in [0.5, 0.6) is 5.75 Å². The van der Waals surface area contributed by atoms with E-state index in [9.17, 15) is 10.1 Å². The third-order valence-electron chi connectivity index (χ3n) is 1.30. The summed E-state index contributed by atoms with van der Waals surface area (Å²) in [6, 6.07) is 3.50. The van der Waals surface area contributed by atoms with Crippen molar-refractivity contribution in [2.75, 3.05) is 5.73 Å². The first-order valence-corrected chi connectivity index (χ1v) is 3.00. The summed E-state index contributed by atoms with van der Waals surface area (Å²) in [7, 11) is 0. The molecule has 1 aromatic rings. The van der Waals surface area contributed by atoms with Crippen LogP contribution >= 0.6 is 0 Å². The first-order valence-electron chi connectivity index (χ1n) is 3.00. The number of benzene rings is 1. The normalized spacial score (nSPS) is 9.42. The van der Waals surface area contributed by atoms with Crippen LogP contribution < -0.4 is 10.6 Å². The number of rotatable bonds is 2. The van der Waals surface area contributed by atoms with Gasteiger partial charge in [-0.1, -0.05) is 0 Å². The molecule has 6 heteroatoms. The Labute approximate surface area is 67.3 Å². The molecule has 0 heterocycles. The van der Waals surface area contributed by atoms with E-state index in [1.54, 1.807) is 0 Å². The first kappa shape index (κ1) is 8.28. The van der Waals surface area contributed by atoms with Gasteiger partial charge in [0.1, 0.15) is 0 Å². The molecule has 0 fully saturated rings. The van der Waals surface area contributed by atoms with Crippen LogP contribution in [0.1, 0.15) is 0 Å². The van der Waals surface area contributed by atoms with Gasteiger partial charge in [0.15, 0.2) is 5.75 Å². The maximum atomic E-state index is 10.2. The molecule has 0 radical (unpaired) electrons. The highest BCUT2D eigenvalue weighted by Gasteiger charge is 2.08. The lowest BCUT2D eigenvalue weighted by Gasteiger charge is -1.99. The zero-order valence-corrected chi connectivity index (χ0v) is 5.93. The van der Waals surface area contributed by atoms with E-state index in [1.165, 1.54) is 12.1 Å². The summed E-state index contributed by atoms with van der Waals surface area (Å²) in [5.41, 5.74) is 5.16. The van der Waals surface area contributed by atoms with Gasteiger partial charge in [-0.2, -0.15) is 0 Å². The molecule has 3 N–H and O–H groups in total. The summed E-state index contributed by atoms with van der Waals surface area (Å²) in [4.78, 5) is 13.4. The largest absolute Gasteiger partial charge is 0.395 e. The number of nitrogen functional groups attached to an aromatic ring is 1. The highest BCUT2D eigenvalue weighted by atomic mass is 17.1. The lowest BCUT2D eigenvalue weighted by molar-refractivity contribution is -0.384. The van der Waals surface area contributed by atoms with Crippen LogP contribution in [-0.2, 0) is 0 Å². The van der Waals surface area contributed by atoms with E-state index in [0.717, 1.165) is 6.07 Å². The average molecular weight is 170 g/mol. The van der Waals surface area contributed by atoms with Crippen LogP contribution in [0.2, 0.25) is 0 Å². The molecule has 0 aliphatic heterocycles. The van der Waals surface area contributed by atoms with Crippen LogP contribution in [0, 0.1) is 10.1 Å². The minimum absolute atomic E-state index is 0.000556. The van der Waals surface area contributed by atoms with Crippen molar-refractivity contribution in [3.8, 4) is 5.75 Å². The molecule has 0 bridgehead atoms. The van der Waals surface area contributed by atoms with Crippen molar-refractivity contribution in [1.82, 2.24) is 0 Å². The van der Waals surface area contributed by atoms with Crippen molar-refractivity contribution >= 4 is 11.4 Å². The van der Waals surface area contributed by atoms with Crippen LogP contribution in [0.25, 0.3) is 0 Å². The van der Waals surface area contributed by atoms with Crippen molar-refractivity contribution in [3.05, 3.63) is 28.3 Å². The summed E-state index contributed by atoms with van der Waals surface area (Å²) in [5, 5.41) is 18.4. The van der Waals surface area contributed by atoms with Crippen LogP contribution in [0.4, 0.5) is 11.4 Å². The van der Waals surface area contributed by atoms with Crippen LogP contribution in [0.15, 0.2) is 18.2 Å². The zero-order valence-electron chi connectivity index (χ0n) is 5.93. The molecule has 0 unspecified atom stereocenters. The Bertz CT molecular complexity index is 312. The number of nitrogens with two attached hydrogens (primary N) is 1. The molecule has 0 aliphatic carbocycles. The third-order valence-corrected chi connectivity index (χ3v) is 1.30. The van der Waals surface area contributed by atoms with Gasteiger partial charge in [0.2, 0.25) is 0 Å². The number of nitro benzene ring substituents is 1. The standard InChI is InChI=1S/C6H6N2O4/c7-5-3-4(8(9)10)1-2-6(5)12-11/h1-3,11H,7H2. The first-order chi connectivity index (χ1) is 5.65. The molecule has 64 valence electrons. The predicted molar refractivity (Wildman–Crippen MR) is 40.8 cm³/mol. The number of non-ortho nitro benzene ring substituents is 1.